The molecule has 1 aromatic heterocycles. The van der Waals surface area contributed by atoms with Crippen LogP contribution in [0.25, 0.3) is 0 Å². The van der Waals surface area contributed by atoms with Crippen molar-refractivity contribution in [3.8, 4) is 0 Å². The third-order valence-electron chi connectivity index (χ3n) is 6.21. The largest absolute Gasteiger partial charge is 0.469 e. The first-order valence-electron chi connectivity index (χ1n) is 11.7. The van der Waals surface area contributed by atoms with Gasteiger partial charge in [0, 0.05) is 32.4 Å². The molecule has 0 fully saturated rings. The molecule has 0 radical (unpaired) electrons. The summed E-state index contributed by atoms with van der Waals surface area (Å²) in [6.07, 6.45) is 2.36. The molecule has 0 bridgehead atoms. The number of hydrogen-bond acceptors (Lipinski definition) is 7. The Hall–Kier alpha value is -2.55. The Kier molecular flexibility index (Phi) is 10.0. The fourth-order valence-corrected chi connectivity index (χ4v) is 5.02. The van der Waals surface area contributed by atoms with Crippen LogP contribution in [0.3, 0.4) is 0 Å². The number of benzene rings is 1. The lowest BCUT2D eigenvalue weighted by atomic mass is 9.94. The number of ketones is 2. The Morgan fingerprint density at radius 1 is 1.06 bits per heavy atom. The van der Waals surface area contributed by atoms with Crippen molar-refractivity contribution in [3.05, 3.63) is 56.2 Å². The number of halogens is 1. The van der Waals surface area contributed by atoms with Gasteiger partial charge in [0.2, 0.25) is 0 Å². The summed E-state index contributed by atoms with van der Waals surface area (Å²) in [6.45, 7) is 1.98. The Morgan fingerprint density at radius 3 is 2.49 bits per heavy atom. The molecule has 188 valence electrons. The molecule has 0 aliphatic carbocycles. The number of carbonyl (C=O) groups is 4. The van der Waals surface area contributed by atoms with Crippen LogP contribution in [0.5, 0.6) is 0 Å². The summed E-state index contributed by atoms with van der Waals surface area (Å²) in [4.78, 5) is 52.3. The average Bonchev–Trinajstić information content (AvgIpc) is 3.20. The van der Waals surface area contributed by atoms with Gasteiger partial charge >= 0.3 is 5.97 Å². The minimum Gasteiger partial charge on any atom is -0.469 e. The van der Waals surface area contributed by atoms with Gasteiger partial charge in [0.05, 0.1) is 28.8 Å². The van der Waals surface area contributed by atoms with Crippen LogP contribution in [-0.4, -0.2) is 61.6 Å². The zero-order chi connectivity index (χ0) is 25.4. The molecule has 0 saturated carbocycles. The van der Waals surface area contributed by atoms with Crippen LogP contribution in [0.2, 0.25) is 4.34 Å². The second-order valence-electron chi connectivity index (χ2n) is 8.83. The topological polar surface area (TPSA) is 92.8 Å². The van der Waals surface area contributed by atoms with E-state index in [9.17, 15) is 19.2 Å². The molecule has 2 heterocycles. The van der Waals surface area contributed by atoms with E-state index in [1.54, 1.807) is 12.1 Å². The van der Waals surface area contributed by atoms with E-state index in [0.29, 0.717) is 9.21 Å². The maximum Gasteiger partial charge on any atom is 0.305 e. The second-order valence-corrected chi connectivity index (χ2v) is 10.5. The molecular formula is C26H31ClN2O5S. The number of nitrogens with one attached hydrogen (secondary N) is 1. The van der Waals surface area contributed by atoms with Crippen LogP contribution >= 0.6 is 22.9 Å². The van der Waals surface area contributed by atoms with Gasteiger partial charge in [-0.25, -0.2) is 0 Å². The molecular weight excluding hydrogens is 488 g/mol. The van der Waals surface area contributed by atoms with Crippen molar-refractivity contribution in [1.29, 1.82) is 0 Å². The standard InChI is InChI=1S/C26H31ClN2O5S/c1-29-13-11-18-4-3-17(15-19(18)12-14-29)16-22(31)21(7-5-20(30)6-10-25(32)34-2)28-26(33)23-8-9-24(27)35-23/h3-4,8-9,15,21H,5-7,10-14,16H2,1-2H3,(H,28,33)/t21-/m1/s1. The summed E-state index contributed by atoms with van der Waals surface area (Å²) in [7, 11) is 3.38. The number of nitrogens with zero attached hydrogens (tertiary/aromatic N) is 1. The number of rotatable bonds is 11. The van der Waals surface area contributed by atoms with Crippen molar-refractivity contribution in [3.63, 3.8) is 0 Å². The first-order chi connectivity index (χ1) is 16.7. The van der Waals surface area contributed by atoms with Gasteiger partial charge in [-0.1, -0.05) is 29.8 Å². The molecule has 2 aromatic rings. The maximum absolute atomic E-state index is 13.3. The molecule has 1 aromatic carbocycles. The molecule has 1 N–H and O–H groups in total. The lowest BCUT2D eigenvalue weighted by molar-refractivity contribution is -0.142. The average molecular weight is 519 g/mol. The van der Waals surface area contributed by atoms with E-state index in [1.165, 1.54) is 18.2 Å². The van der Waals surface area contributed by atoms with E-state index in [4.69, 9.17) is 11.6 Å². The molecule has 0 unspecified atom stereocenters. The van der Waals surface area contributed by atoms with Gasteiger partial charge in [0.15, 0.2) is 5.78 Å². The summed E-state index contributed by atoms with van der Waals surface area (Å²) in [5.41, 5.74) is 3.46. The molecule has 1 amide bonds. The van der Waals surface area contributed by atoms with Crippen molar-refractivity contribution in [1.82, 2.24) is 10.2 Å². The second kappa shape index (κ2) is 13.0. The third kappa shape index (κ3) is 8.26. The number of likely N-dealkylation sites (N-methyl/N-ethyl adjacent to an activating group) is 1. The summed E-state index contributed by atoms with van der Waals surface area (Å²) >= 11 is 7.08. The van der Waals surface area contributed by atoms with Gasteiger partial charge < -0.3 is 15.0 Å². The normalized spacial score (nSPS) is 14.5. The SMILES string of the molecule is COC(=O)CCC(=O)CC[C@@H](NC(=O)c1ccc(Cl)s1)C(=O)Cc1ccc2c(c1)CCN(C)CC2. The quantitative estimate of drug-likeness (QED) is 0.456. The van der Waals surface area contributed by atoms with E-state index in [1.807, 2.05) is 6.07 Å². The van der Waals surface area contributed by atoms with Crippen LogP contribution in [0.1, 0.15) is 52.0 Å². The number of ether oxygens (including phenoxy) is 1. The Bertz CT molecular complexity index is 1080. The van der Waals surface area contributed by atoms with Crippen molar-refractivity contribution in [2.75, 3.05) is 27.2 Å². The minimum absolute atomic E-state index is 0.00167. The molecule has 0 spiro atoms. The number of thiophene rings is 1. The summed E-state index contributed by atoms with van der Waals surface area (Å²) in [5, 5.41) is 2.79. The maximum atomic E-state index is 13.3. The Labute approximate surface area is 214 Å². The predicted octanol–water partition coefficient (Wildman–Crippen LogP) is 3.64. The molecule has 1 aliphatic heterocycles. The summed E-state index contributed by atoms with van der Waals surface area (Å²) in [6, 6.07) is 8.56. The van der Waals surface area contributed by atoms with Crippen LogP contribution in [0.4, 0.5) is 0 Å². The van der Waals surface area contributed by atoms with Crippen LogP contribution in [0, 0.1) is 0 Å². The van der Waals surface area contributed by atoms with Gasteiger partial charge in [0.25, 0.3) is 5.91 Å². The van der Waals surface area contributed by atoms with E-state index < -0.39 is 17.9 Å². The van der Waals surface area contributed by atoms with Crippen LogP contribution < -0.4 is 5.32 Å². The number of fused-ring (bicyclic) bond motifs is 1. The van der Waals surface area contributed by atoms with E-state index in [0.717, 1.165) is 42.8 Å². The fourth-order valence-electron chi connectivity index (χ4n) is 4.08. The minimum atomic E-state index is -0.824. The molecule has 9 heteroatoms. The highest BCUT2D eigenvalue weighted by Gasteiger charge is 2.24. The predicted molar refractivity (Wildman–Crippen MR) is 136 cm³/mol. The number of methoxy groups -OCH3 is 1. The van der Waals surface area contributed by atoms with Gasteiger partial charge in [-0.05, 0) is 55.1 Å². The lowest BCUT2D eigenvalue weighted by Crippen LogP contribution is -2.41. The number of amides is 1. The molecule has 7 nitrogen and oxygen atoms in total. The van der Waals surface area contributed by atoms with Crippen LogP contribution in [-0.2, 0) is 38.4 Å². The Balaban J connectivity index is 1.68. The first-order valence-corrected chi connectivity index (χ1v) is 12.9. The molecule has 35 heavy (non-hydrogen) atoms. The summed E-state index contributed by atoms with van der Waals surface area (Å²) < 4.78 is 5.05. The number of hydrogen-bond donors (Lipinski definition) is 1. The van der Waals surface area contributed by atoms with Gasteiger partial charge in [-0.2, -0.15) is 0 Å². The highest BCUT2D eigenvalue weighted by molar-refractivity contribution is 7.18. The third-order valence-corrected chi connectivity index (χ3v) is 7.44. The Morgan fingerprint density at radius 2 is 1.80 bits per heavy atom. The summed E-state index contributed by atoms with van der Waals surface area (Å²) in [5.74, 6) is -1.17. The molecule has 3 rings (SSSR count). The van der Waals surface area contributed by atoms with Gasteiger partial charge in [-0.3, -0.25) is 19.2 Å². The zero-order valence-electron chi connectivity index (χ0n) is 20.1. The van der Waals surface area contributed by atoms with Crippen LogP contribution in [0.15, 0.2) is 30.3 Å². The van der Waals surface area contributed by atoms with E-state index in [-0.39, 0.29) is 43.7 Å². The van der Waals surface area contributed by atoms with Crippen molar-refractivity contribution in [2.24, 2.45) is 0 Å². The van der Waals surface area contributed by atoms with Crippen molar-refractivity contribution < 1.29 is 23.9 Å². The van der Waals surface area contributed by atoms with Crippen molar-refractivity contribution >= 4 is 46.4 Å². The van der Waals surface area contributed by atoms with Gasteiger partial charge in [0.1, 0.15) is 5.78 Å². The molecule has 0 saturated heterocycles. The van der Waals surface area contributed by atoms with E-state index in [2.05, 4.69) is 34.1 Å². The van der Waals surface area contributed by atoms with E-state index >= 15 is 0 Å². The molecule has 1 atom stereocenters. The van der Waals surface area contributed by atoms with Crippen molar-refractivity contribution in [2.45, 2.75) is 51.0 Å². The first kappa shape index (κ1) is 27.0. The number of esters is 1. The zero-order valence-corrected chi connectivity index (χ0v) is 21.7. The smallest absolute Gasteiger partial charge is 0.305 e. The highest BCUT2D eigenvalue weighted by Crippen LogP contribution is 2.22. The highest BCUT2D eigenvalue weighted by atomic mass is 35.5. The fraction of sp³-hybridized carbons (Fsp3) is 0.462. The monoisotopic (exact) mass is 518 g/mol. The lowest BCUT2D eigenvalue weighted by Gasteiger charge is -2.18. The molecule has 1 aliphatic rings. The number of carbonyl (C=O) groups excluding carboxylic acids is 4. The van der Waals surface area contributed by atoms with Gasteiger partial charge in [-0.15, -0.1) is 11.3 Å². The number of Topliss-reactive ketones (excluding diaryl/α,β-unsaturated/α-hetero) is 2.